The first-order valence-corrected chi connectivity index (χ1v) is 24.8. The number of hydrogen-bond donors (Lipinski definition) is 0. The second kappa shape index (κ2) is 16.2. The second-order valence-corrected chi connectivity index (χ2v) is 22.2. The molecule has 340 valence electrons. The number of fused-ring (bicyclic) bond motifs is 8. The third-order valence-corrected chi connectivity index (χ3v) is 15.5. The van der Waals surface area contributed by atoms with Crippen molar-refractivity contribution in [2.24, 2.45) is 11.8 Å². The van der Waals surface area contributed by atoms with Crippen LogP contribution in [0.5, 0.6) is 0 Å². The van der Waals surface area contributed by atoms with Crippen molar-refractivity contribution in [2.75, 3.05) is 9.80 Å². The van der Waals surface area contributed by atoms with Gasteiger partial charge in [-0.15, -0.1) is 0 Å². The Morgan fingerprint density at radius 1 is 0.544 bits per heavy atom. The molecule has 9 aromatic rings. The molecule has 2 aliphatic carbocycles. The maximum absolute atomic E-state index is 7.28. The van der Waals surface area contributed by atoms with E-state index in [4.69, 9.17) is 4.42 Å². The third kappa shape index (κ3) is 6.99. The molecule has 1 atom stereocenters. The number of furan rings is 1. The molecule has 0 saturated carbocycles. The Bertz CT molecular complexity index is 3450. The van der Waals surface area contributed by atoms with E-state index in [1.165, 1.54) is 66.3 Å². The molecule has 3 nitrogen and oxygen atoms in total. The van der Waals surface area contributed by atoms with Crippen molar-refractivity contribution in [1.29, 1.82) is 0 Å². The fourth-order valence-corrected chi connectivity index (χ4v) is 12.1. The number of anilines is 5. The van der Waals surface area contributed by atoms with E-state index in [0.29, 0.717) is 0 Å². The van der Waals surface area contributed by atoms with Crippen molar-refractivity contribution < 1.29 is 4.42 Å². The number of benzene rings is 8. The second-order valence-electron chi connectivity index (χ2n) is 22.2. The molecule has 0 fully saturated rings. The molecule has 0 amide bonds. The Morgan fingerprint density at radius 2 is 1.06 bits per heavy atom. The van der Waals surface area contributed by atoms with Crippen molar-refractivity contribution in [2.45, 2.75) is 97.9 Å². The Morgan fingerprint density at radius 3 is 1.65 bits per heavy atom. The lowest BCUT2D eigenvalue weighted by atomic mass is 9.60. The van der Waals surface area contributed by atoms with Crippen molar-refractivity contribution in [3.05, 3.63) is 204 Å². The normalized spacial score (nSPS) is 15.9. The van der Waals surface area contributed by atoms with E-state index in [0.717, 1.165) is 45.4 Å². The van der Waals surface area contributed by atoms with Crippen LogP contribution in [0.25, 0.3) is 49.1 Å². The molecule has 3 heteroatoms. The summed E-state index contributed by atoms with van der Waals surface area (Å²) in [5.74, 6) is 0.576. The maximum Gasteiger partial charge on any atom is 0.145 e. The van der Waals surface area contributed by atoms with Gasteiger partial charge in [0.2, 0.25) is 0 Å². The van der Waals surface area contributed by atoms with Gasteiger partial charge < -0.3 is 14.2 Å². The van der Waals surface area contributed by atoms with Crippen LogP contribution in [0.2, 0.25) is 0 Å². The number of nitrogens with zero attached hydrogens (tertiary/aromatic N) is 2. The van der Waals surface area contributed by atoms with E-state index in [1.807, 2.05) is 0 Å². The minimum absolute atomic E-state index is 0.0257. The topological polar surface area (TPSA) is 19.6 Å². The fraction of sp³-hybridized carbons (Fsp3) is 0.262. The molecular weight excluding hydrogens is 825 g/mol. The summed E-state index contributed by atoms with van der Waals surface area (Å²) in [7, 11) is 0. The van der Waals surface area contributed by atoms with E-state index in [2.05, 4.69) is 255 Å². The quantitative estimate of drug-likeness (QED) is 0.152. The molecule has 0 N–H and O–H groups in total. The average molecular weight is 889 g/mol. The highest BCUT2D eigenvalue weighted by atomic mass is 16.3. The van der Waals surface area contributed by atoms with Gasteiger partial charge in [-0.3, -0.25) is 0 Å². The number of rotatable bonds is 8. The zero-order valence-corrected chi connectivity index (χ0v) is 41.5. The lowest BCUT2D eigenvalue weighted by Crippen LogP contribution is -2.41. The van der Waals surface area contributed by atoms with Gasteiger partial charge in [0, 0.05) is 39.1 Å². The average Bonchev–Trinajstić information content (AvgIpc) is 3.86. The van der Waals surface area contributed by atoms with Gasteiger partial charge in [0.15, 0.2) is 0 Å². The van der Waals surface area contributed by atoms with E-state index < -0.39 is 0 Å². The molecule has 0 aliphatic heterocycles. The first-order valence-electron chi connectivity index (χ1n) is 24.8. The molecule has 0 radical (unpaired) electrons. The third-order valence-electron chi connectivity index (χ3n) is 15.5. The molecule has 8 aromatic carbocycles. The summed E-state index contributed by atoms with van der Waals surface area (Å²) in [6.45, 7) is 23.6. The van der Waals surface area contributed by atoms with Crippen LogP contribution in [-0.2, 0) is 16.2 Å². The number of hydrogen-bond acceptors (Lipinski definition) is 3. The van der Waals surface area contributed by atoms with Crippen LogP contribution in [0.15, 0.2) is 186 Å². The largest absolute Gasteiger partial charge is 0.455 e. The first-order chi connectivity index (χ1) is 32.6. The van der Waals surface area contributed by atoms with E-state index >= 15 is 0 Å². The Labute approximate surface area is 403 Å². The predicted octanol–water partition coefficient (Wildman–Crippen LogP) is 18.4. The SMILES string of the molecule is CC(C)C1(C(C)C)C2=C(C=CC(N(c3ccc(C(C)(C)C)cc3)c3ccc4ccccc4c3)C2)c2c1cc(N(c1ccc(C(C)(C)C)cc1)c1ccc3ccccc3c1)c1c2oc2ccccc21. The summed E-state index contributed by atoms with van der Waals surface area (Å²) >= 11 is 0. The Hall–Kier alpha value is -6.84. The molecule has 1 aromatic heterocycles. The summed E-state index contributed by atoms with van der Waals surface area (Å²) in [5.41, 5.74) is 15.6. The van der Waals surface area contributed by atoms with Gasteiger partial charge in [0.1, 0.15) is 11.2 Å². The van der Waals surface area contributed by atoms with Gasteiger partial charge in [0.05, 0.1) is 17.1 Å². The van der Waals surface area contributed by atoms with Crippen LogP contribution in [0.1, 0.15) is 97.9 Å². The van der Waals surface area contributed by atoms with Crippen LogP contribution >= 0.6 is 0 Å². The van der Waals surface area contributed by atoms with Crippen LogP contribution < -0.4 is 9.80 Å². The minimum Gasteiger partial charge on any atom is -0.455 e. The Kier molecular flexibility index (Phi) is 10.4. The van der Waals surface area contributed by atoms with Gasteiger partial charge in [-0.2, -0.15) is 0 Å². The summed E-state index contributed by atoms with van der Waals surface area (Å²) in [5, 5.41) is 7.22. The van der Waals surface area contributed by atoms with Gasteiger partial charge >= 0.3 is 0 Å². The molecule has 0 bridgehead atoms. The number of para-hydroxylation sites is 1. The lowest BCUT2D eigenvalue weighted by molar-refractivity contribution is 0.264. The lowest BCUT2D eigenvalue weighted by Gasteiger charge is -2.45. The standard InChI is InChI=1S/C65H64N2O/c1-41(2)65(42(3)4)56-39-53(66(49-31-25-47(26-32-49)63(5,6)7)51-29-23-43-17-11-13-19-45(43)37-51)35-36-54(56)60-57(65)40-58(61-55-21-15-16-22-59(55)68-62(60)61)67(50-33-27-48(28-34-50)64(8,9)10)52-30-24-44-18-12-14-20-46(44)38-52/h11-38,40-42,53H,39H2,1-10H3. The molecule has 0 saturated heterocycles. The van der Waals surface area contributed by atoms with E-state index in [1.54, 1.807) is 0 Å². The highest BCUT2D eigenvalue weighted by molar-refractivity contribution is 6.18. The van der Waals surface area contributed by atoms with Crippen molar-refractivity contribution in [3.8, 4) is 0 Å². The molecule has 0 spiro atoms. The van der Waals surface area contributed by atoms with Gasteiger partial charge in [-0.25, -0.2) is 0 Å². The summed E-state index contributed by atoms with van der Waals surface area (Å²) in [4.78, 5) is 5.10. The van der Waals surface area contributed by atoms with Gasteiger partial charge in [-0.05, 0) is 139 Å². The van der Waals surface area contributed by atoms with Crippen LogP contribution in [0, 0.1) is 11.8 Å². The van der Waals surface area contributed by atoms with Gasteiger partial charge in [0.25, 0.3) is 0 Å². The smallest absolute Gasteiger partial charge is 0.145 e. The molecular formula is C65H64N2O. The fourth-order valence-electron chi connectivity index (χ4n) is 12.1. The van der Waals surface area contributed by atoms with Crippen LogP contribution in [-0.4, -0.2) is 6.04 Å². The molecule has 1 heterocycles. The molecule has 68 heavy (non-hydrogen) atoms. The zero-order valence-electron chi connectivity index (χ0n) is 41.5. The molecule has 1 unspecified atom stereocenters. The zero-order chi connectivity index (χ0) is 47.3. The predicted molar refractivity (Wildman–Crippen MR) is 292 cm³/mol. The Balaban J connectivity index is 1.14. The van der Waals surface area contributed by atoms with Crippen LogP contribution in [0.3, 0.4) is 0 Å². The van der Waals surface area contributed by atoms with Crippen molar-refractivity contribution >= 4 is 77.5 Å². The van der Waals surface area contributed by atoms with Crippen molar-refractivity contribution in [1.82, 2.24) is 0 Å². The summed E-state index contributed by atoms with van der Waals surface area (Å²) in [6.07, 6.45) is 5.82. The van der Waals surface area contributed by atoms with E-state index in [-0.39, 0.29) is 34.1 Å². The maximum atomic E-state index is 7.28. The van der Waals surface area contributed by atoms with Crippen molar-refractivity contribution in [3.63, 3.8) is 0 Å². The monoisotopic (exact) mass is 889 g/mol. The number of allylic oxidation sites excluding steroid dienone is 2. The van der Waals surface area contributed by atoms with Crippen LogP contribution in [0.4, 0.5) is 28.4 Å². The molecule has 2 aliphatic rings. The molecule has 11 rings (SSSR count). The van der Waals surface area contributed by atoms with Gasteiger partial charge in [-0.1, -0.05) is 185 Å². The minimum atomic E-state index is -0.286. The first kappa shape index (κ1) is 43.7. The summed E-state index contributed by atoms with van der Waals surface area (Å²) in [6, 6.07) is 61.3. The summed E-state index contributed by atoms with van der Waals surface area (Å²) < 4.78 is 7.28. The van der Waals surface area contributed by atoms with E-state index in [9.17, 15) is 0 Å². The highest BCUT2D eigenvalue weighted by Crippen LogP contribution is 2.62. The highest BCUT2D eigenvalue weighted by Gasteiger charge is 2.52.